The van der Waals surface area contributed by atoms with Crippen LogP contribution in [0.15, 0.2) is 11.0 Å². The first-order chi connectivity index (χ1) is 6.70. The number of anilines is 1. The summed E-state index contributed by atoms with van der Waals surface area (Å²) in [5, 5.41) is 3.79. The SMILES string of the molecule is Nc1nc2[nH]c(=O)c(CCF)cn2n1. The van der Waals surface area contributed by atoms with Gasteiger partial charge in [-0.25, -0.2) is 4.52 Å². The van der Waals surface area contributed by atoms with Gasteiger partial charge in [-0.2, -0.15) is 4.98 Å². The predicted molar refractivity (Wildman–Crippen MR) is 47.7 cm³/mol. The molecule has 2 rings (SSSR count). The number of aryl methyl sites for hydroxylation is 1. The first-order valence-electron chi connectivity index (χ1n) is 4.00. The highest BCUT2D eigenvalue weighted by molar-refractivity contribution is 5.33. The second-order valence-corrected chi connectivity index (χ2v) is 2.79. The van der Waals surface area contributed by atoms with E-state index in [2.05, 4.69) is 15.1 Å². The van der Waals surface area contributed by atoms with Crippen molar-refractivity contribution in [3.8, 4) is 0 Å². The van der Waals surface area contributed by atoms with E-state index in [0.717, 1.165) is 0 Å². The molecule has 0 saturated heterocycles. The van der Waals surface area contributed by atoms with Crippen LogP contribution in [0.4, 0.5) is 10.3 Å². The van der Waals surface area contributed by atoms with Crippen LogP contribution in [0.1, 0.15) is 5.56 Å². The van der Waals surface area contributed by atoms with E-state index in [1.54, 1.807) is 0 Å². The monoisotopic (exact) mass is 197 g/mol. The summed E-state index contributed by atoms with van der Waals surface area (Å²) in [4.78, 5) is 17.5. The zero-order valence-corrected chi connectivity index (χ0v) is 7.20. The molecule has 0 bridgehead atoms. The molecule has 0 radical (unpaired) electrons. The number of alkyl halides is 1. The number of nitrogen functional groups attached to an aromatic ring is 1. The van der Waals surface area contributed by atoms with Crippen LogP contribution < -0.4 is 11.3 Å². The van der Waals surface area contributed by atoms with E-state index in [1.807, 2.05) is 0 Å². The van der Waals surface area contributed by atoms with Crippen LogP contribution in [-0.4, -0.2) is 26.3 Å². The Labute approximate surface area is 77.6 Å². The second-order valence-electron chi connectivity index (χ2n) is 2.79. The van der Waals surface area contributed by atoms with Gasteiger partial charge in [-0.3, -0.25) is 14.2 Å². The Morgan fingerprint density at radius 2 is 2.43 bits per heavy atom. The highest BCUT2D eigenvalue weighted by Crippen LogP contribution is 1.99. The maximum absolute atomic E-state index is 12.0. The van der Waals surface area contributed by atoms with Crippen molar-refractivity contribution in [3.63, 3.8) is 0 Å². The van der Waals surface area contributed by atoms with Gasteiger partial charge in [-0.05, 0) is 0 Å². The lowest BCUT2D eigenvalue weighted by atomic mass is 10.2. The molecule has 2 heterocycles. The third-order valence-electron chi connectivity index (χ3n) is 1.81. The van der Waals surface area contributed by atoms with Gasteiger partial charge in [0.15, 0.2) is 0 Å². The largest absolute Gasteiger partial charge is 0.366 e. The summed E-state index contributed by atoms with van der Waals surface area (Å²) in [6.07, 6.45) is 1.49. The van der Waals surface area contributed by atoms with E-state index < -0.39 is 6.67 Å². The van der Waals surface area contributed by atoms with Gasteiger partial charge < -0.3 is 5.73 Å². The minimum absolute atomic E-state index is 0.0606. The fourth-order valence-corrected chi connectivity index (χ4v) is 1.18. The predicted octanol–water partition coefficient (Wildman–Crippen LogP) is -0.488. The van der Waals surface area contributed by atoms with Crippen LogP contribution in [0, 0.1) is 0 Å². The molecule has 0 aliphatic rings. The fourth-order valence-electron chi connectivity index (χ4n) is 1.18. The molecule has 0 atom stereocenters. The standard InChI is InChI=1S/C7H8FN5O/c8-2-1-4-3-13-7(10-5(4)14)11-6(9)12-13/h3H,1-2H2,(H3,9,10,11,12,14). The number of hydrogen-bond acceptors (Lipinski definition) is 4. The number of hydrogen-bond donors (Lipinski definition) is 2. The maximum atomic E-state index is 12.0. The lowest BCUT2D eigenvalue weighted by molar-refractivity contribution is 0.493. The minimum Gasteiger partial charge on any atom is -0.366 e. The molecule has 6 nitrogen and oxygen atoms in total. The summed E-state index contributed by atoms with van der Waals surface area (Å²) in [7, 11) is 0. The van der Waals surface area contributed by atoms with Crippen LogP contribution in [-0.2, 0) is 6.42 Å². The molecule has 2 aromatic rings. The van der Waals surface area contributed by atoms with Gasteiger partial charge >= 0.3 is 0 Å². The number of aromatic nitrogens is 4. The van der Waals surface area contributed by atoms with E-state index in [-0.39, 0.29) is 23.7 Å². The number of H-pyrrole nitrogens is 1. The molecular weight excluding hydrogens is 189 g/mol. The molecule has 0 saturated carbocycles. The van der Waals surface area contributed by atoms with E-state index in [0.29, 0.717) is 5.56 Å². The molecule has 0 aromatic carbocycles. The maximum Gasteiger partial charge on any atom is 0.255 e. The molecule has 7 heteroatoms. The summed E-state index contributed by atoms with van der Waals surface area (Å²) in [6.45, 7) is -0.585. The average Bonchev–Trinajstić information content (AvgIpc) is 2.45. The molecule has 2 aromatic heterocycles. The second kappa shape index (κ2) is 3.09. The van der Waals surface area contributed by atoms with Crippen molar-refractivity contribution in [3.05, 3.63) is 22.1 Å². The topological polar surface area (TPSA) is 89.1 Å². The molecular formula is C7H8FN5O. The molecule has 74 valence electrons. The number of rotatable bonds is 2. The highest BCUT2D eigenvalue weighted by Gasteiger charge is 2.05. The molecule has 0 unspecified atom stereocenters. The summed E-state index contributed by atoms with van der Waals surface area (Å²) in [6, 6.07) is 0. The molecule has 0 amide bonds. The molecule has 14 heavy (non-hydrogen) atoms. The Bertz CT molecular complexity index is 516. The van der Waals surface area contributed by atoms with Gasteiger partial charge in [-0.1, -0.05) is 0 Å². The van der Waals surface area contributed by atoms with E-state index >= 15 is 0 Å². The minimum atomic E-state index is -0.585. The average molecular weight is 197 g/mol. The summed E-state index contributed by atoms with van der Waals surface area (Å²) in [5.74, 6) is 0.327. The van der Waals surface area contributed by atoms with E-state index in [4.69, 9.17) is 5.73 Å². The van der Waals surface area contributed by atoms with Gasteiger partial charge in [0, 0.05) is 18.2 Å². The first-order valence-corrected chi connectivity index (χ1v) is 4.00. The Kier molecular flexibility index (Phi) is 1.91. The summed E-state index contributed by atoms with van der Waals surface area (Å²) >= 11 is 0. The van der Waals surface area contributed by atoms with Crippen LogP contribution in [0.25, 0.3) is 5.78 Å². The lowest BCUT2D eigenvalue weighted by Gasteiger charge is -1.96. The van der Waals surface area contributed by atoms with Crippen LogP contribution >= 0.6 is 0 Å². The zero-order valence-electron chi connectivity index (χ0n) is 7.20. The Balaban J connectivity index is 2.64. The Morgan fingerprint density at radius 3 is 3.14 bits per heavy atom. The summed E-state index contributed by atoms with van der Waals surface area (Å²) in [5.41, 5.74) is 5.29. The number of nitrogens with zero attached hydrogens (tertiary/aromatic N) is 3. The molecule has 0 spiro atoms. The van der Waals surface area contributed by atoms with Crippen LogP contribution in [0.2, 0.25) is 0 Å². The van der Waals surface area contributed by atoms with Crippen molar-refractivity contribution < 1.29 is 4.39 Å². The zero-order chi connectivity index (χ0) is 10.1. The molecule has 3 N–H and O–H groups in total. The fraction of sp³-hybridized carbons (Fsp3) is 0.286. The van der Waals surface area contributed by atoms with Gasteiger partial charge in [0.1, 0.15) is 0 Å². The van der Waals surface area contributed by atoms with Gasteiger partial charge in [0.2, 0.25) is 11.7 Å². The van der Waals surface area contributed by atoms with E-state index in [1.165, 1.54) is 10.7 Å². The van der Waals surface area contributed by atoms with Crippen molar-refractivity contribution in [1.82, 2.24) is 19.6 Å². The normalized spacial score (nSPS) is 10.9. The Hall–Kier alpha value is -1.92. The van der Waals surface area contributed by atoms with Crippen molar-refractivity contribution in [2.45, 2.75) is 6.42 Å². The van der Waals surface area contributed by atoms with Crippen molar-refractivity contribution in [2.24, 2.45) is 0 Å². The molecule has 0 aliphatic carbocycles. The van der Waals surface area contributed by atoms with Gasteiger partial charge in [0.25, 0.3) is 5.56 Å². The number of aromatic amines is 1. The lowest BCUT2D eigenvalue weighted by Crippen LogP contribution is -2.15. The van der Waals surface area contributed by atoms with E-state index in [9.17, 15) is 9.18 Å². The van der Waals surface area contributed by atoms with Crippen LogP contribution in [0.5, 0.6) is 0 Å². The Morgan fingerprint density at radius 1 is 1.64 bits per heavy atom. The van der Waals surface area contributed by atoms with Crippen LogP contribution in [0.3, 0.4) is 0 Å². The third kappa shape index (κ3) is 1.32. The van der Waals surface area contributed by atoms with Crippen molar-refractivity contribution in [2.75, 3.05) is 12.4 Å². The molecule has 0 aliphatic heterocycles. The van der Waals surface area contributed by atoms with Gasteiger partial charge in [0.05, 0.1) is 6.67 Å². The smallest absolute Gasteiger partial charge is 0.255 e. The molecule has 0 fully saturated rings. The number of fused-ring (bicyclic) bond motifs is 1. The first kappa shape index (κ1) is 8.67. The third-order valence-corrected chi connectivity index (χ3v) is 1.81. The van der Waals surface area contributed by atoms with Gasteiger partial charge in [-0.15, -0.1) is 5.10 Å². The van der Waals surface area contributed by atoms with Crippen molar-refractivity contribution >= 4 is 11.7 Å². The highest BCUT2D eigenvalue weighted by atomic mass is 19.1. The number of nitrogens with one attached hydrogen (secondary N) is 1. The number of nitrogens with two attached hydrogens (primary N) is 1. The van der Waals surface area contributed by atoms with Crippen molar-refractivity contribution in [1.29, 1.82) is 0 Å². The quantitative estimate of drug-likeness (QED) is 0.680. The summed E-state index contributed by atoms with van der Waals surface area (Å²) < 4.78 is 13.4. The number of halogens is 1.